The fraction of sp³-hybridized carbons (Fsp3) is 0.148. The Balaban J connectivity index is 1.84. The zero-order valence-electron chi connectivity index (χ0n) is 18.3. The Morgan fingerprint density at radius 2 is 1.72 bits per heavy atom. The molecule has 4 aromatic rings. The van der Waals surface area contributed by atoms with E-state index < -0.39 is 0 Å². The molecular formula is C27H23N3O2. The highest BCUT2D eigenvalue weighted by Crippen LogP contribution is 2.30. The van der Waals surface area contributed by atoms with Gasteiger partial charge in [0.1, 0.15) is 12.4 Å². The number of rotatable bonds is 6. The van der Waals surface area contributed by atoms with Crippen LogP contribution in [0.5, 0.6) is 5.75 Å². The summed E-state index contributed by atoms with van der Waals surface area (Å²) in [6.45, 7) is 2.20. The molecule has 0 fully saturated rings. The maximum Gasteiger partial charge on any atom is 0.230 e. The molecule has 0 amide bonds. The highest BCUT2D eigenvalue weighted by atomic mass is 16.5. The molecule has 0 spiro atoms. The number of hydrogen-bond donors (Lipinski definition) is 0. The van der Waals surface area contributed by atoms with Crippen molar-refractivity contribution in [3.63, 3.8) is 0 Å². The summed E-state index contributed by atoms with van der Waals surface area (Å²) in [4.78, 5) is 24.5. The number of hydrogen-bond acceptors (Lipinski definition) is 5. The summed E-state index contributed by atoms with van der Waals surface area (Å²) in [5.74, 6) is 3.03. The van der Waals surface area contributed by atoms with Crippen molar-refractivity contribution in [1.29, 1.82) is 0 Å². The van der Waals surface area contributed by atoms with Gasteiger partial charge in [0.15, 0.2) is 0 Å². The quantitative estimate of drug-likeness (QED) is 0.327. The molecule has 4 rings (SSSR count). The third-order valence-electron chi connectivity index (χ3n) is 5.16. The largest absolute Gasteiger partial charge is 0.481 e. The standard InChI is InChI=1S/C27H23N3O2/c1-5-16-32-22-14-15-24-23(17-22)25(19-8-6-18(2)7-9-19)29-27(28-24)26(31)20-10-12-21(13-11-20)30(3)4/h1,6-15,17H,16H2,2-4H3. The number of terminal acetylenes is 1. The molecular weight excluding hydrogens is 398 g/mol. The molecule has 0 aliphatic rings. The topological polar surface area (TPSA) is 55.3 Å². The third kappa shape index (κ3) is 4.30. The highest BCUT2D eigenvalue weighted by Gasteiger charge is 2.18. The second kappa shape index (κ2) is 8.91. The maximum absolute atomic E-state index is 13.2. The van der Waals surface area contributed by atoms with Gasteiger partial charge in [-0.1, -0.05) is 35.7 Å². The summed E-state index contributed by atoms with van der Waals surface area (Å²) in [5, 5.41) is 0.794. The molecule has 0 saturated carbocycles. The van der Waals surface area contributed by atoms with Gasteiger partial charge in [-0.15, -0.1) is 6.42 Å². The van der Waals surface area contributed by atoms with Crippen LogP contribution in [-0.2, 0) is 0 Å². The van der Waals surface area contributed by atoms with Gasteiger partial charge >= 0.3 is 0 Å². The van der Waals surface area contributed by atoms with E-state index in [0.29, 0.717) is 22.5 Å². The summed E-state index contributed by atoms with van der Waals surface area (Å²) < 4.78 is 5.59. The van der Waals surface area contributed by atoms with Crippen LogP contribution in [0.15, 0.2) is 66.7 Å². The van der Waals surface area contributed by atoms with Crippen molar-refractivity contribution >= 4 is 22.4 Å². The smallest absolute Gasteiger partial charge is 0.230 e. The van der Waals surface area contributed by atoms with Crippen molar-refractivity contribution in [2.45, 2.75) is 6.92 Å². The van der Waals surface area contributed by atoms with E-state index in [9.17, 15) is 4.79 Å². The average Bonchev–Trinajstić information content (AvgIpc) is 2.82. The molecule has 32 heavy (non-hydrogen) atoms. The van der Waals surface area contributed by atoms with E-state index in [1.165, 1.54) is 0 Å². The average molecular weight is 422 g/mol. The van der Waals surface area contributed by atoms with E-state index in [-0.39, 0.29) is 18.2 Å². The molecule has 158 valence electrons. The molecule has 3 aromatic carbocycles. The predicted octanol–water partition coefficient (Wildman–Crippen LogP) is 4.91. The molecule has 0 N–H and O–H groups in total. The molecule has 0 radical (unpaired) electrons. The third-order valence-corrected chi connectivity index (χ3v) is 5.16. The minimum absolute atomic E-state index is 0.156. The number of nitrogens with zero attached hydrogens (tertiary/aromatic N) is 3. The van der Waals surface area contributed by atoms with Crippen molar-refractivity contribution in [1.82, 2.24) is 9.97 Å². The fourth-order valence-electron chi connectivity index (χ4n) is 3.40. The normalized spacial score (nSPS) is 10.6. The number of fused-ring (bicyclic) bond motifs is 1. The van der Waals surface area contributed by atoms with Crippen LogP contribution in [0.2, 0.25) is 0 Å². The zero-order chi connectivity index (χ0) is 22.7. The lowest BCUT2D eigenvalue weighted by molar-refractivity contribution is 0.103. The number of carbonyl (C=O) groups excluding carboxylic acids is 1. The van der Waals surface area contributed by atoms with Crippen LogP contribution in [0.25, 0.3) is 22.2 Å². The van der Waals surface area contributed by atoms with Crippen LogP contribution in [0, 0.1) is 19.3 Å². The van der Waals surface area contributed by atoms with Crippen molar-refractivity contribution in [3.8, 4) is 29.4 Å². The molecule has 0 atom stereocenters. The monoisotopic (exact) mass is 421 g/mol. The molecule has 0 aliphatic carbocycles. The Morgan fingerprint density at radius 1 is 1.00 bits per heavy atom. The summed E-state index contributed by atoms with van der Waals surface area (Å²) in [6.07, 6.45) is 5.32. The van der Waals surface area contributed by atoms with Gasteiger partial charge in [0.25, 0.3) is 0 Å². The number of anilines is 1. The van der Waals surface area contributed by atoms with Crippen LogP contribution in [0.1, 0.15) is 21.7 Å². The molecule has 0 saturated heterocycles. The molecule has 0 unspecified atom stereocenters. The molecule has 5 heteroatoms. The highest BCUT2D eigenvalue weighted by molar-refractivity contribution is 6.08. The van der Waals surface area contributed by atoms with E-state index in [1.54, 1.807) is 18.2 Å². The first kappa shape index (κ1) is 21.1. The zero-order valence-corrected chi connectivity index (χ0v) is 18.3. The molecule has 1 aromatic heterocycles. The predicted molar refractivity (Wildman–Crippen MR) is 128 cm³/mol. The van der Waals surface area contributed by atoms with Gasteiger partial charge in [-0.2, -0.15) is 0 Å². The van der Waals surface area contributed by atoms with Crippen LogP contribution >= 0.6 is 0 Å². The lowest BCUT2D eigenvalue weighted by atomic mass is 10.0. The van der Waals surface area contributed by atoms with Gasteiger partial charge in [0.05, 0.1) is 11.2 Å². The minimum Gasteiger partial charge on any atom is -0.481 e. The first-order valence-corrected chi connectivity index (χ1v) is 10.2. The van der Waals surface area contributed by atoms with Gasteiger partial charge < -0.3 is 9.64 Å². The number of ether oxygens (including phenoxy) is 1. The van der Waals surface area contributed by atoms with Crippen molar-refractivity contribution in [3.05, 3.63) is 83.7 Å². The van der Waals surface area contributed by atoms with Crippen molar-refractivity contribution in [2.75, 3.05) is 25.6 Å². The van der Waals surface area contributed by atoms with Crippen molar-refractivity contribution in [2.24, 2.45) is 0 Å². The molecule has 1 heterocycles. The summed E-state index contributed by atoms with van der Waals surface area (Å²) in [6, 6.07) is 20.9. The van der Waals surface area contributed by atoms with Gasteiger partial charge in [-0.05, 0) is 49.4 Å². The van der Waals surface area contributed by atoms with E-state index in [1.807, 2.05) is 74.4 Å². The van der Waals surface area contributed by atoms with E-state index in [0.717, 1.165) is 22.2 Å². The van der Waals surface area contributed by atoms with E-state index >= 15 is 0 Å². The second-order valence-corrected chi connectivity index (χ2v) is 7.70. The van der Waals surface area contributed by atoms with E-state index in [2.05, 4.69) is 15.9 Å². The van der Waals surface area contributed by atoms with Gasteiger partial charge in [0, 0.05) is 36.3 Å². The lowest BCUT2D eigenvalue weighted by Gasteiger charge is -2.13. The van der Waals surface area contributed by atoms with Crippen molar-refractivity contribution < 1.29 is 9.53 Å². The van der Waals surface area contributed by atoms with Crippen LogP contribution in [0.4, 0.5) is 5.69 Å². The molecule has 0 bridgehead atoms. The number of carbonyl (C=O) groups is 1. The Bertz CT molecular complexity index is 1320. The first-order valence-electron chi connectivity index (χ1n) is 10.2. The number of benzene rings is 3. The number of aromatic nitrogens is 2. The van der Waals surface area contributed by atoms with Gasteiger partial charge in [-0.3, -0.25) is 4.79 Å². The summed E-state index contributed by atoms with van der Waals surface area (Å²) >= 11 is 0. The first-order chi connectivity index (χ1) is 15.5. The van der Waals surface area contributed by atoms with Crippen LogP contribution in [-0.4, -0.2) is 36.5 Å². The lowest BCUT2D eigenvalue weighted by Crippen LogP contribution is -2.11. The van der Waals surface area contributed by atoms with Crippen LogP contribution in [0.3, 0.4) is 0 Å². The Kier molecular flexibility index (Phi) is 5.87. The Hall–Kier alpha value is -4.17. The van der Waals surface area contributed by atoms with Gasteiger partial charge in [0.2, 0.25) is 11.6 Å². The fourth-order valence-corrected chi connectivity index (χ4v) is 3.40. The molecule has 0 aliphatic heterocycles. The number of ketones is 1. The SMILES string of the molecule is C#CCOc1ccc2nc(C(=O)c3ccc(N(C)C)cc3)nc(-c3ccc(C)cc3)c2c1. The molecule has 5 nitrogen and oxygen atoms in total. The minimum atomic E-state index is -0.224. The second-order valence-electron chi connectivity index (χ2n) is 7.70. The Morgan fingerprint density at radius 3 is 2.38 bits per heavy atom. The Labute approximate surface area is 187 Å². The number of aryl methyl sites for hydroxylation is 1. The van der Waals surface area contributed by atoms with E-state index in [4.69, 9.17) is 11.2 Å². The summed E-state index contributed by atoms with van der Waals surface area (Å²) in [7, 11) is 3.91. The van der Waals surface area contributed by atoms with Gasteiger partial charge in [-0.25, -0.2) is 9.97 Å². The maximum atomic E-state index is 13.2. The van der Waals surface area contributed by atoms with Crippen LogP contribution < -0.4 is 9.64 Å². The summed E-state index contributed by atoms with van der Waals surface area (Å²) in [5.41, 5.74) is 4.93.